The molecule has 0 spiro atoms. The molecular formula is C22H31N5O10. The molecule has 0 aliphatic heterocycles. The van der Waals surface area contributed by atoms with E-state index in [-0.39, 0.29) is 31.4 Å². The first-order chi connectivity index (χ1) is 17.3. The lowest BCUT2D eigenvalue weighted by atomic mass is 10.0. The number of hydrogen-bond acceptors (Lipinski definition) is 9. The van der Waals surface area contributed by atoms with E-state index in [0.29, 0.717) is 5.56 Å². The summed E-state index contributed by atoms with van der Waals surface area (Å²) in [6.45, 7) is -0.933. The van der Waals surface area contributed by atoms with Crippen LogP contribution >= 0.6 is 0 Å². The molecule has 0 saturated carbocycles. The smallest absolute Gasteiger partial charge is 0.326 e. The summed E-state index contributed by atoms with van der Waals surface area (Å²) in [5.74, 6) is -6.35. The minimum atomic E-state index is -1.62. The highest BCUT2D eigenvalue weighted by atomic mass is 16.4. The number of carbonyl (C=O) groups excluding carboxylic acids is 4. The van der Waals surface area contributed by atoms with E-state index in [9.17, 15) is 44.1 Å². The average molecular weight is 526 g/mol. The summed E-state index contributed by atoms with van der Waals surface area (Å²) < 4.78 is 0. The van der Waals surface area contributed by atoms with Gasteiger partial charge in [0, 0.05) is 19.3 Å². The molecule has 11 N–H and O–H groups in total. The van der Waals surface area contributed by atoms with Gasteiger partial charge in [0.15, 0.2) is 0 Å². The van der Waals surface area contributed by atoms with Gasteiger partial charge in [0.05, 0.1) is 12.6 Å². The van der Waals surface area contributed by atoms with Crippen molar-refractivity contribution in [2.75, 3.05) is 6.61 Å². The van der Waals surface area contributed by atoms with Crippen molar-refractivity contribution in [1.29, 1.82) is 0 Å². The van der Waals surface area contributed by atoms with Gasteiger partial charge in [0.1, 0.15) is 23.9 Å². The number of amides is 4. The number of benzene rings is 1. The number of phenols is 1. The van der Waals surface area contributed by atoms with E-state index in [1.54, 1.807) is 0 Å². The van der Waals surface area contributed by atoms with Crippen LogP contribution in [0.15, 0.2) is 24.3 Å². The van der Waals surface area contributed by atoms with Gasteiger partial charge in [0.25, 0.3) is 0 Å². The van der Waals surface area contributed by atoms with Crippen molar-refractivity contribution in [2.45, 2.75) is 56.3 Å². The largest absolute Gasteiger partial charge is 0.508 e. The number of aliphatic carboxylic acids is 2. The van der Waals surface area contributed by atoms with Gasteiger partial charge < -0.3 is 47.8 Å². The number of aromatic hydroxyl groups is 1. The Morgan fingerprint density at radius 1 is 0.784 bits per heavy atom. The van der Waals surface area contributed by atoms with E-state index < -0.39 is 72.8 Å². The maximum absolute atomic E-state index is 12.8. The molecule has 0 aliphatic rings. The SMILES string of the molecule is NC(=O)CCC(NC(=O)C(N)CCC(=O)O)C(=O)NC(CO)C(=O)NC(Cc1ccc(O)cc1)C(=O)O. The van der Waals surface area contributed by atoms with Gasteiger partial charge in [-0.3, -0.25) is 24.0 Å². The molecule has 0 radical (unpaired) electrons. The minimum absolute atomic E-state index is 0.0384. The fraction of sp³-hybridized carbons (Fsp3) is 0.455. The van der Waals surface area contributed by atoms with E-state index in [2.05, 4.69) is 16.0 Å². The molecule has 4 unspecified atom stereocenters. The van der Waals surface area contributed by atoms with E-state index in [1.165, 1.54) is 24.3 Å². The predicted molar refractivity (Wildman–Crippen MR) is 126 cm³/mol. The summed E-state index contributed by atoms with van der Waals surface area (Å²) in [5.41, 5.74) is 11.2. The second-order valence-corrected chi connectivity index (χ2v) is 8.12. The molecule has 1 aromatic carbocycles. The topological polar surface area (TPSA) is 271 Å². The Kier molecular flexibility index (Phi) is 12.5. The second-order valence-electron chi connectivity index (χ2n) is 8.12. The Bertz CT molecular complexity index is 985. The quantitative estimate of drug-likeness (QED) is 0.104. The van der Waals surface area contributed by atoms with Crippen LogP contribution in [-0.2, 0) is 35.2 Å². The van der Waals surface area contributed by atoms with Crippen LogP contribution in [0.2, 0.25) is 0 Å². The fourth-order valence-corrected chi connectivity index (χ4v) is 3.05. The van der Waals surface area contributed by atoms with Gasteiger partial charge >= 0.3 is 11.9 Å². The molecule has 1 rings (SSSR count). The highest BCUT2D eigenvalue weighted by Crippen LogP contribution is 2.11. The Hall–Kier alpha value is -4.24. The molecule has 0 bridgehead atoms. The molecule has 0 aromatic heterocycles. The van der Waals surface area contributed by atoms with Gasteiger partial charge in [-0.1, -0.05) is 12.1 Å². The molecule has 4 atom stereocenters. The molecule has 0 aliphatic carbocycles. The summed E-state index contributed by atoms with van der Waals surface area (Å²) in [6.07, 6.45) is -1.44. The first-order valence-electron chi connectivity index (χ1n) is 11.1. The fourth-order valence-electron chi connectivity index (χ4n) is 3.05. The summed E-state index contributed by atoms with van der Waals surface area (Å²) in [6, 6.07) is -0.199. The Balaban J connectivity index is 2.89. The van der Waals surface area contributed by atoms with Gasteiger partial charge in [-0.15, -0.1) is 0 Å². The van der Waals surface area contributed by atoms with Crippen molar-refractivity contribution in [2.24, 2.45) is 11.5 Å². The third-order valence-electron chi connectivity index (χ3n) is 5.12. The number of phenolic OH excluding ortho intramolecular Hbond substituents is 1. The number of hydrogen-bond donors (Lipinski definition) is 9. The summed E-state index contributed by atoms with van der Waals surface area (Å²) in [4.78, 5) is 71.1. The molecular weight excluding hydrogens is 494 g/mol. The molecule has 204 valence electrons. The maximum atomic E-state index is 12.8. The Labute approximate surface area is 211 Å². The normalized spacial score (nSPS) is 13.9. The van der Waals surface area contributed by atoms with E-state index in [0.717, 1.165) is 0 Å². The zero-order valence-corrected chi connectivity index (χ0v) is 19.8. The lowest BCUT2D eigenvalue weighted by Crippen LogP contribution is -2.58. The number of nitrogens with two attached hydrogens (primary N) is 2. The van der Waals surface area contributed by atoms with Crippen LogP contribution in [0.25, 0.3) is 0 Å². The molecule has 0 fully saturated rings. The molecule has 0 heterocycles. The van der Waals surface area contributed by atoms with Crippen molar-refractivity contribution >= 4 is 35.6 Å². The number of rotatable bonds is 16. The number of nitrogens with one attached hydrogen (secondary N) is 3. The number of carbonyl (C=O) groups is 6. The van der Waals surface area contributed by atoms with Crippen molar-refractivity contribution in [3.05, 3.63) is 29.8 Å². The molecule has 37 heavy (non-hydrogen) atoms. The standard InChI is InChI=1S/C22H31N5O10/c23-13(5-8-18(31)32)19(33)25-14(6-7-17(24)30)20(34)27-16(10-28)21(35)26-15(22(36)37)9-11-1-3-12(29)4-2-11/h1-4,13-16,28-29H,5-10,23H2,(H2,24,30)(H,25,33)(H,26,35)(H,27,34)(H,31,32)(H,36,37). The van der Waals surface area contributed by atoms with Crippen LogP contribution in [0.5, 0.6) is 5.75 Å². The summed E-state index contributed by atoms with van der Waals surface area (Å²) in [7, 11) is 0. The zero-order valence-electron chi connectivity index (χ0n) is 19.8. The van der Waals surface area contributed by atoms with Crippen LogP contribution in [0.3, 0.4) is 0 Å². The first kappa shape index (κ1) is 30.8. The number of primary amides is 1. The van der Waals surface area contributed by atoms with Crippen molar-refractivity contribution in [1.82, 2.24) is 16.0 Å². The van der Waals surface area contributed by atoms with Crippen LogP contribution in [0.4, 0.5) is 0 Å². The van der Waals surface area contributed by atoms with Crippen LogP contribution < -0.4 is 27.4 Å². The monoisotopic (exact) mass is 525 g/mol. The molecule has 0 saturated heterocycles. The highest BCUT2D eigenvalue weighted by Gasteiger charge is 2.30. The van der Waals surface area contributed by atoms with Crippen LogP contribution in [-0.4, -0.2) is 86.8 Å². The summed E-state index contributed by atoms with van der Waals surface area (Å²) >= 11 is 0. The van der Waals surface area contributed by atoms with Gasteiger partial charge in [0.2, 0.25) is 23.6 Å². The molecule has 15 nitrogen and oxygen atoms in total. The van der Waals surface area contributed by atoms with Gasteiger partial charge in [-0.2, -0.15) is 0 Å². The van der Waals surface area contributed by atoms with Gasteiger partial charge in [-0.25, -0.2) is 4.79 Å². The van der Waals surface area contributed by atoms with Gasteiger partial charge in [-0.05, 0) is 30.5 Å². The summed E-state index contributed by atoms with van der Waals surface area (Å²) in [5, 5.41) is 43.8. The molecule has 15 heteroatoms. The number of aliphatic hydroxyl groups excluding tert-OH is 1. The highest BCUT2D eigenvalue weighted by molar-refractivity contribution is 5.94. The number of aliphatic hydroxyl groups is 1. The lowest BCUT2D eigenvalue weighted by Gasteiger charge is -2.24. The third-order valence-corrected chi connectivity index (χ3v) is 5.12. The van der Waals surface area contributed by atoms with Crippen molar-refractivity contribution in [3.63, 3.8) is 0 Å². The number of carboxylic acid groups (broad SMARTS) is 2. The Morgan fingerprint density at radius 2 is 1.32 bits per heavy atom. The van der Waals surface area contributed by atoms with E-state index in [1.807, 2.05) is 0 Å². The number of carboxylic acids is 2. The van der Waals surface area contributed by atoms with Crippen LogP contribution in [0, 0.1) is 0 Å². The van der Waals surface area contributed by atoms with Crippen LogP contribution in [0.1, 0.15) is 31.2 Å². The second kappa shape index (κ2) is 15.0. The molecule has 4 amide bonds. The zero-order chi connectivity index (χ0) is 28.1. The molecule has 1 aromatic rings. The van der Waals surface area contributed by atoms with Crippen molar-refractivity contribution < 1.29 is 49.2 Å². The van der Waals surface area contributed by atoms with Crippen molar-refractivity contribution in [3.8, 4) is 5.75 Å². The average Bonchev–Trinajstić information content (AvgIpc) is 2.83. The minimum Gasteiger partial charge on any atom is -0.508 e. The third kappa shape index (κ3) is 11.4. The first-order valence-corrected chi connectivity index (χ1v) is 11.1. The van der Waals surface area contributed by atoms with E-state index in [4.69, 9.17) is 16.6 Å². The van der Waals surface area contributed by atoms with E-state index >= 15 is 0 Å². The maximum Gasteiger partial charge on any atom is 0.326 e. The Morgan fingerprint density at radius 3 is 1.84 bits per heavy atom. The lowest BCUT2D eigenvalue weighted by molar-refractivity contribution is -0.142. The predicted octanol–water partition coefficient (Wildman–Crippen LogP) is -3.08.